The number of aryl methyl sites for hydroxylation is 1. The molecule has 0 spiro atoms. The summed E-state index contributed by atoms with van der Waals surface area (Å²) in [6, 6.07) is 8.24. The Labute approximate surface area is 187 Å². The van der Waals surface area contributed by atoms with Gasteiger partial charge in [-0.2, -0.15) is 5.10 Å². The Morgan fingerprint density at radius 1 is 1.22 bits per heavy atom. The molecule has 8 nitrogen and oxygen atoms in total. The van der Waals surface area contributed by atoms with Gasteiger partial charge in [0.25, 0.3) is 5.91 Å². The van der Waals surface area contributed by atoms with Crippen LogP contribution in [-0.4, -0.2) is 43.3 Å². The van der Waals surface area contributed by atoms with Crippen molar-refractivity contribution in [1.82, 2.24) is 29.6 Å². The van der Waals surface area contributed by atoms with Crippen LogP contribution in [0.1, 0.15) is 61.2 Å². The highest BCUT2D eigenvalue weighted by molar-refractivity contribution is 6.04. The maximum absolute atomic E-state index is 13.1. The maximum Gasteiger partial charge on any atom is 0.258 e. The van der Waals surface area contributed by atoms with Gasteiger partial charge in [0.2, 0.25) is 5.95 Å². The molecule has 0 aliphatic carbocycles. The fourth-order valence-electron chi connectivity index (χ4n) is 4.59. The van der Waals surface area contributed by atoms with E-state index in [4.69, 9.17) is 4.98 Å². The Hall–Kier alpha value is -3.26. The first-order valence-corrected chi connectivity index (χ1v) is 11.3. The smallest absolute Gasteiger partial charge is 0.258 e. The molecule has 1 aliphatic heterocycles. The molecule has 0 unspecified atom stereocenters. The molecule has 1 saturated heterocycles. The van der Waals surface area contributed by atoms with Crippen molar-refractivity contribution < 1.29 is 4.79 Å². The summed E-state index contributed by atoms with van der Waals surface area (Å²) in [5, 5.41) is 12.2. The number of nitrogens with one attached hydrogen (secondary N) is 2. The molecular weight excluding hydrogens is 402 g/mol. The molecule has 3 aromatic heterocycles. The Balaban J connectivity index is 1.64. The molecule has 1 amide bonds. The monoisotopic (exact) mass is 431 g/mol. The minimum absolute atomic E-state index is 0.174. The molecule has 32 heavy (non-hydrogen) atoms. The van der Waals surface area contributed by atoms with Crippen molar-refractivity contribution in [1.29, 1.82) is 0 Å². The van der Waals surface area contributed by atoms with E-state index >= 15 is 0 Å². The third-order valence-corrected chi connectivity index (χ3v) is 6.17. The van der Waals surface area contributed by atoms with Crippen LogP contribution in [0.2, 0.25) is 0 Å². The Morgan fingerprint density at radius 2 is 2.09 bits per heavy atom. The molecule has 2 N–H and O–H groups in total. The van der Waals surface area contributed by atoms with Gasteiger partial charge in [0.05, 0.1) is 22.7 Å². The Bertz CT molecular complexity index is 1280. The molecule has 166 valence electrons. The van der Waals surface area contributed by atoms with Gasteiger partial charge in [-0.05, 0) is 64.4 Å². The van der Waals surface area contributed by atoms with Crippen LogP contribution < -0.4 is 10.6 Å². The molecule has 4 aromatic rings. The van der Waals surface area contributed by atoms with Crippen molar-refractivity contribution in [3.05, 3.63) is 47.9 Å². The van der Waals surface area contributed by atoms with E-state index in [2.05, 4.69) is 51.3 Å². The molecule has 1 fully saturated rings. The second kappa shape index (κ2) is 8.35. The van der Waals surface area contributed by atoms with Gasteiger partial charge in [-0.1, -0.05) is 6.42 Å². The normalized spacial score (nSPS) is 17.2. The van der Waals surface area contributed by atoms with Gasteiger partial charge in [-0.3, -0.25) is 19.8 Å². The Morgan fingerprint density at radius 3 is 2.91 bits per heavy atom. The van der Waals surface area contributed by atoms with Crippen LogP contribution in [0.3, 0.4) is 0 Å². The number of rotatable bonds is 4. The van der Waals surface area contributed by atoms with Gasteiger partial charge in [0.1, 0.15) is 0 Å². The van der Waals surface area contributed by atoms with Crippen LogP contribution in [0.4, 0.5) is 5.95 Å². The number of carbonyl (C=O) groups is 1. The van der Waals surface area contributed by atoms with E-state index in [-0.39, 0.29) is 18.0 Å². The van der Waals surface area contributed by atoms with Gasteiger partial charge in [-0.25, -0.2) is 4.98 Å². The summed E-state index contributed by atoms with van der Waals surface area (Å²) in [6.45, 7) is 8.01. The number of hydrogen-bond donors (Lipinski definition) is 2. The zero-order valence-electron chi connectivity index (χ0n) is 18.8. The van der Waals surface area contributed by atoms with Gasteiger partial charge in [-0.15, -0.1) is 0 Å². The lowest BCUT2D eigenvalue weighted by atomic mass is 10.1. The van der Waals surface area contributed by atoms with Crippen molar-refractivity contribution in [2.75, 3.05) is 18.4 Å². The van der Waals surface area contributed by atoms with Gasteiger partial charge in [0, 0.05) is 41.5 Å². The lowest BCUT2D eigenvalue weighted by Gasteiger charge is -2.20. The second-order valence-electron chi connectivity index (χ2n) is 8.88. The SMILES string of the molecule is Cc1cc(C(=O)Nc2nc3cc4cnn(C(C)C)c4cc3n2[C@@H]2CCCCNC2)ccn1. The molecule has 0 radical (unpaired) electrons. The number of fused-ring (bicyclic) bond motifs is 2. The molecule has 8 heteroatoms. The lowest BCUT2D eigenvalue weighted by Crippen LogP contribution is -2.25. The summed E-state index contributed by atoms with van der Waals surface area (Å²) in [7, 11) is 0. The largest absolute Gasteiger partial charge is 0.315 e. The first-order chi connectivity index (χ1) is 15.5. The first kappa shape index (κ1) is 20.6. The summed E-state index contributed by atoms with van der Waals surface area (Å²) in [4.78, 5) is 22.1. The maximum atomic E-state index is 13.1. The minimum atomic E-state index is -0.174. The number of carbonyl (C=O) groups excluding carboxylic acids is 1. The first-order valence-electron chi connectivity index (χ1n) is 11.3. The molecule has 1 aliphatic rings. The summed E-state index contributed by atoms with van der Waals surface area (Å²) in [5.41, 5.74) is 4.36. The third kappa shape index (κ3) is 3.75. The van der Waals surface area contributed by atoms with E-state index in [1.807, 2.05) is 17.8 Å². The quantitative estimate of drug-likeness (QED) is 0.505. The van der Waals surface area contributed by atoms with Crippen molar-refractivity contribution in [2.45, 2.75) is 52.1 Å². The minimum Gasteiger partial charge on any atom is -0.315 e. The van der Waals surface area contributed by atoms with E-state index < -0.39 is 0 Å². The fourth-order valence-corrected chi connectivity index (χ4v) is 4.59. The topological polar surface area (TPSA) is 89.7 Å². The number of benzene rings is 1. The van der Waals surface area contributed by atoms with Crippen molar-refractivity contribution in [3.63, 3.8) is 0 Å². The highest BCUT2D eigenvalue weighted by Crippen LogP contribution is 2.32. The number of imidazole rings is 1. The predicted molar refractivity (Wildman–Crippen MR) is 126 cm³/mol. The number of hydrogen-bond acceptors (Lipinski definition) is 5. The molecule has 4 heterocycles. The summed E-state index contributed by atoms with van der Waals surface area (Å²) >= 11 is 0. The molecule has 0 bridgehead atoms. The second-order valence-corrected chi connectivity index (χ2v) is 8.88. The predicted octanol–water partition coefficient (Wildman–Crippen LogP) is 4.24. The van der Waals surface area contributed by atoms with Gasteiger partial charge < -0.3 is 9.88 Å². The highest BCUT2D eigenvalue weighted by atomic mass is 16.1. The lowest BCUT2D eigenvalue weighted by molar-refractivity contribution is 0.102. The summed E-state index contributed by atoms with van der Waals surface area (Å²) in [5.74, 6) is 0.413. The molecule has 5 rings (SSSR count). The van der Waals surface area contributed by atoms with Crippen LogP contribution in [0.25, 0.3) is 21.9 Å². The number of aromatic nitrogens is 5. The van der Waals surface area contributed by atoms with Gasteiger partial charge in [0.15, 0.2) is 0 Å². The van der Waals surface area contributed by atoms with E-state index in [1.165, 1.54) is 0 Å². The fraction of sp³-hybridized carbons (Fsp3) is 0.417. The van der Waals surface area contributed by atoms with Gasteiger partial charge >= 0.3 is 0 Å². The summed E-state index contributed by atoms with van der Waals surface area (Å²) < 4.78 is 4.24. The van der Waals surface area contributed by atoms with E-state index in [9.17, 15) is 4.79 Å². The zero-order chi connectivity index (χ0) is 22.2. The van der Waals surface area contributed by atoms with Crippen LogP contribution >= 0.6 is 0 Å². The van der Waals surface area contributed by atoms with Crippen LogP contribution in [0.5, 0.6) is 0 Å². The number of anilines is 1. The average Bonchev–Trinajstić information content (AvgIpc) is 3.21. The Kier molecular flexibility index (Phi) is 5.38. The molecule has 1 atom stereocenters. The highest BCUT2D eigenvalue weighted by Gasteiger charge is 2.23. The standard InChI is InChI=1S/C24H29N7O/c1-15(2)31-21-12-22-20(11-18(21)13-27-31)28-24(30(22)19-6-4-5-8-25-14-19)29-23(32)17-7-9-26-16(3)10-17/h7,9-13,15,19,25H,4-6,8,14H2,1-3H3,(H,28,29,32)/t19-/m1/s1. The molecule has 1 aromatic carbocycles. The van der Waals surface area contributed by atoms with Crippen LogP contribution in [-0.2, 0) is 0 Å². The summed E-state index contributed by atoms with van der Waals surface area (Å²) in [6.07, 6.45) is 6.88. The van der Waals surface area contributed by atoms with E-state index in [1.54, 1.807) is 18.3 Å². The average molecular weight is 432 g/mol. The van der Waals surface area contributed by atoms with Crippen LogP contribution in [0.15, 0.2) is 36.7 Å². The number of pyridine rings is 1. The van der Waals surface area contributed by atoms with E-state index in [0.717, 1.165) is 60.0 Å². The number of amides is 1. The zero-order valence-corrected chi connectivity index (χ0v) is 18.8. The number of nitrogens with zero attached hydrogens (tertiary/aromatic N) is 5. The van der Waals surface area contributed by atoms with Crippen molar-refractivity contribution in [3.8, 4) is 0 Å². The van der Waals surface area contributed by atoms with Crippen molar-refractivity contribution in [2.24, 2.45) is 0 Å². The van der Waals surface area contributed by atoms with Crippen molar-refractivity contribution >= 4 is 33.8 Å². The molecular formula is C24H29N7O. The third-order valence-electron chi connectivity index (χ3n) is 6.17. The van der Waals surface area contributed by atoms with E-state index in [0.29, 0.717) is 11.5 Å². The molecule has 0 saturated carbocycles. The van der Waals surface area contributed by atoms with Crippen LogP contribution in [0, 0.1) is 6.92 Å².